The minimum atomic E-state index is -1.07. The average molecular weight is 429 g/mol. The number of Topliss-reactive ketones (excluding diaryl/α,β-unsaturated/α-hetero) is 1. The maximum absolute atomic E-state index is 14.3. The monoisotopic (exact) mass is 428 g/mol. The maximum atomic E-state index is 14.3. The second-order valence-electron chi connectivity index (χ2n) is 8.83. The molecule has 6 rings (SSSR count). The van der Waals surface area contributed by atoms with Crippen LogP contribution in [0, 0.1) is 5.41 Å². The molecule has 1 fully saturated rings. The summed E-state index contributed by atoms with van der Waals surface area (Å²) in [5.41, 5.74) is 2.46. The molecule has 0 saturated carbocycles. The van der Waals surface area contributed by atoms with E-state index in [1.165, 1.54) is 0 Å². The Labute approximate surface area is 185 Å². The van der Waals surface area contributed by atoms with Crippen LogP contribution < -0.4 is 5.32 Å². The van der Waals surface area contributed by atoms with Crippen molar-refractivity contribution in [2.75, 3.05) is 18.9 Å². The van der Waals surface area contributed by atoms with Gasteiger partial charge in [-0.05, 0) is 42.8 Å². The molecule has 4 nitrogen and oxygen atoms in total. The lowest BCUT2D eigenvalue weighted by atomic mass is 9.59. The molecular formula is C26H21ClN2O2. The van der Waals surface area contributed by atoms with Crippen molar-refractivity contribution in [3.63, 3.8) is 0 Å². The van der Waals surface area contributed by atoms with Gasteiger partial charge < -0.3 is 5.32 Å². The Balaban J connectivity index is 1.67. The number of nitrogens with one attached hydrogen (secondary N) is 1. The fourth-order valence-corrected chi connectivity index (χ4v) is 6.53. The molecule has 154 valence electrons. The number of rotatable bonds is 1. The second kappa shape index (κ2) is 6.28. The quantitative estimate of drug-likeness (QED) is 0.614. The standard InChI is InChI=1S/C26H21ClN2O2/c1-29-15-21(16-10-12-18(27)13-11-16)25(14-17-6-2-3-7-19(17)23(25)30)26(29)20-8-4-5-9-22(20)28-24(26)31/h2-13,21H,14-15H2,1H3,(H,28,31)/t21-,25?,26+/m0/s1. The van der Waals surface area contributed by atoms with Crippen LogP contribution in [0.2, 0.25) is 5.02 Å². The Morgan fingerprint density at radius 3 is 2.45 bits per heavy atom. The fraction of sp³-hybridized carbons (Fsp3) is 0.231. The number of likely N-dealkylation sites (tertiary alicyclic amines) is 1. The van der Waals surface area contributed by atoms with E-state index in [-0.39, 0.29) is 17.6 Å². The number of carbonyl (C=O) groups is 2. The molecule has 2 heterocycles. The molecule has 1 amide bonds. The lowest BCUT2D eigenvalue weighted by Crippen LogP contribution is -2.58. The Bertz CT molecular complexity index is 1250. The van der Waals surface area contributed by atoms with Crippen LogP contribution in [0.15, 0.2) is 72.8 Å². The predicted octanol–water partition coefficient (Wildman–Crippen LogP) is 4.64. The van der Waals surface area contributed by atoms with Crippen LogP contribution in [0.25, 0.3) is 0 Å². The van der Waals surface area contributed by atoms with E-state index in [1.54, 1.807) is 0 Å². The molecule has 1 saturated heterocycles. The summed E-state index contributed by atoms with van der Waals surface area (Å²) in [5.74, 6) is -0.209. The Kier molecular flexibility index (Phi) is 3.81. The summed E-state index contributed by atoms with van der Waals surface area (Å²) in [6.07, 6.45) is 0.529. The van der Waals surface area contributed by atoms with Crippen molar-refractivity contribution in [1.82, 2.24) is 4.90 Å². The molecule has 3 aromatic carbocycles. The third kappa shape index (κ3) is 2.14. The highest BCUT2D eigenvalue weighted by atomic mass is 35.5. The number of amides is 1. The zero-order chi connectivity index (χ0) is 21.4. The highest BCUT2D eigenvalue weighted by Gasteiger charge is 2.74. The smallest absolute Gasteiger partial charge is 0.250 e. The molecule has 2 aliphatic heterocycles. The molecule has 31 heavy (non-hydrogen) atoms. The third-order valence-electron chi connectivity index (χ3n) is 7.57. The van der Waals surface area contributed by atoms with Gasteiger partial charge in [-0.1, -0.05) is 66.2 Å². The minimum Gasteiger partial charge on any atom is -0.324 e. The zero-order valence-corrected chi connectivity index (χ0v) is 17.8. The van der Waals surface area contributed by atoms with Gasteiger partial charge in [0.1, 0.15) is 5.54 Å². The number of benzene rings is 3. The number of halogens is 1. The van der Waals surface area contributed by atoms with Gasteiger partial charge in [-0.15, -0.1) is 0 Å². The first-order valence-electron chi connectivity index (χ1n) is 10.5. The largest absolute Gasteiger partial charge is 0.324 e. The Morgan fingerprint density at radius 1 is 0.968 bits per heavy atom. The van der Waals surface area contributed by atoms with Gasteiger partial charge in [0.2, 0.25) is 0 Å². The van der Waals surface area contributed by atoms with E-state index in [0.717, 1.165) is 27.9 Å². The Hall–Kier alpha value is -2.95. The number of hydrogen-bond acceptors (Lipinski definition) is 3. The van der Waals surface area contributed by atoms with Crippen molar-refractivity contribution in [2.45, 2.75) is 17.9 Å². The molecule has 1 N–H and O–H groups in total. The summed E-state index contributed by atoms with van der Waals surface area (Å²) in [4.78, 5) is 30.2. The van der Waals surface area contributed by atoms with Gasteiger partial charge in [-0.3, -0.25) is 14.5 Å². The average Bonchev–Trinajstić information content (AvgIpc) is 3.34. The third-order valence-corrected chi connectivity index (χ3v) is 7.82. The molecule has 3 aliphatic rings. The highest BCUT2D eigenvalue weighted by molar-refractivity contribution is 6.30. The van der Waals surface area contributed by atoms with Gasteiger partial charge >= 0.3 is 0 Å². The van der Waals surface area contributed by atoms with E-state index in [1.807, 2.05) is 79.8 Å². The van der Waals surface area contributed by atoms with Crippen LogP contribution >= 0.6 is 11.6 Å². The van der Waals surface area contributed by atoms with Crippen molar-refractivity contribution in [3.8, 4) is 0 Å². The number of ketones is 1. The molecule has 2 spiro atoms. The van der Waals surface area contributed by atoms with E-state index < -0.39 is 11.0 Å². The highest BCUT2D eigenvalue weighted by Crippen LogP contribution is 2.66. The van der Waals surface area contributed by atoms with E-state index in [9.17, 15) is 9.59 Å². The number of hydrogen-bond donors (Lipinski definition) is 1. The summed E-state index contributed by atoms with van der Waals surface area (Å²) in [6, 6.07) is 23.3. The summed E-state index contributed by atoms with van der Waals surface area (Å²) in [6.45, 7) is 0.600. The number of para-hydroxylation sites is 1. The number of nitrogens with zero attached hydrogens (tertiary/aromatic N) is 1. The molecule has 1 unspecified atom stereocenters. The van der Waals surface area contributed by atoms with Gasteiger partial charge in [0.05, 0.1) is 5.41 Å². The van der Waals surface area contributed by atoms with Crippen LogP contribution in [0.3, 0.4) is 0 Å². The number of carbonyl (C=O) groups excluding carboxylic acids is 2. The predicted molar refractivity (Wildman–Crippen MR) is 120 cm³/mol. The van der Waals surface area contributed by atoms with Crippen molar-refractivity contribution in [3.05, 3.63) is 100 Å². The number of likely N-dealkylation sites (N-methyl/N-ethyl adjacent to an activating group) is 1. The molecule has 0 radical (unpaired) electrons. The molecule has 3 aromatic rings. The van der Waals surface area contributed by atoms with Gasteiger partial charge in [0, 0.05) is 34.3 Å². The SMILES string of the molecule is CN1C[C@@H](c2ccc(Cl)cc2)C2(Cc3ccccc3C2=O)[C@@]12C(=O)Nc1ccccc12. The van der Waals surface area contributed by atoms with Crippen LogP contribution in [0.1, 0.15) is 33.0 Å². The normalized spacial score (nSPS) is 28.9. The molecule has 3 atom stereocenters. The minimum absolute atomic E-state index is 0.0549. The second-order valence-corrected chi connectivity index (χ2v) is 9.27. The number of anilines is 1. The zero-order valence-electron chi connectivity index (χ0n) is 17.1. The van der Waals surface area contributed by atoms with Crippen molar-refractivity contribution in [1.29, 1.82) is 0 Å². The summed E-state index contributed by atoms with van der Waals surface area (Å²) >= 11 is 6.17. The van der Waals surface area contributed by atoms with Gasteiger partial charge in [0.25, 0.3) is 5.91 Å². The topological polar surface area (TPSA) is 49.4 Å². The van der Waals surface area contributed by atoms with E-state index in [0.29, 0.717) is 18.0 Å². The summed E-state index contributed by atoms with van der Waals surface area (Å²) in [7, 11) is 1.97. The van der Waals surface area contributed by atoms with Crippen LogP contribution in [0.4, 0.5) is 5.69 Å². The van der Waals surface area contributed by atoms with Gasteiger partial charge in [-0.2, -0.15) is 0 Å². The van der Waals surface area contributed by atoms with E-state index in [2.05, 4.69) is 10.2 Å². The molecule has 1 aliphatic carbocycles. The first-order chi connectivity index (χ1) is 15.0. The van der Waals surface area contributed by atoms with Gasteiger partial charge in [-0.25, -0.2) is 0 Å². The molecule has 0 aromatic heterocycles. The first kappa shape index (κ1) is 18.8. The summed E-state index contributed by atoms with van der Waals surface area (Å²) in [5, 5.41) is 3.74. The first-order valence-corrected chi connectivity index (χ1v) is 10.9. The molecular weight excluding hydrogens is 408 g/mol. The van der Waals surface area contributed by atoms with E-state index >= 15 is 0 Å². The van der Waals surface area contributed by atoms with Crippen molar-refractivity contribution < 1.29 is 9.59 Å². The van der Waals surface area contributed by atoms with Crippen LogP contribution in [-0.2, 0) is 16.8 Å². The lowest BCUT2D eigenvalue weighted by molar-refractivity contribution is -0.130. The van der Waals surface area contributed by atoms with Crippen LogP contribution in [-0.4, -0.2) is 30.2 Å². The molecule has 0 bridgehead atoms. The van der Waals surface area contributed by atoms with Gasteiger partial charge in [0.15, 0.2) is 5.78 Å². The molecule has 5 heteroatoms. The summed E-state index contributed by atoms with van der Waals surface area (Å²) < 4.78 is 0. The van der Waals surface area contributed by atoms with Crippen LogP contribution in [0.5, 0.6) is 0 Å². The van der Waals surface area contributed by atoms with Crippen molar-refractivity contribution in [2.24, 2.45) is 5.41 Å². The maximum Gasteiger partial charge on any atom is 0.250 e. The lowest BCUT2D eigenvalue weighted by Gasteiger charge is -2.43. The Morgan fingerprint density at radius 2 is 1.68 bits per heavy atom. The van der Waals surface area contributed by atoms with E-state index in [4.69, 9.17) is 11.6 Å². The number of fused-ring (bicyclic) bond motifs is 4. The van der Waals surface area contributed by atoms with Crippen molar-refractivity contribution >= 4 is 29.0 Å². The fourth-order valence-electron chi connectivity index (χ4n) is 6.40.